The molecule has 0 unspecified atom stereocenters. The molecular weight excluding hydrogens is 382 g/mol. The molecule has 152 valence electrons. The Bertz CT molecular complexity index is 1100. The Morgan fingerprint density at radius 1 is 1.24 bits per heavy atom. The molecule has 1 amide bonds. The van der Waals surface area contributed by atoms with Gasteiger partial charge < -0.3 is 9.88 Å². The topological polar surface area (TPSA) is 96.8 Å². The SMILES string of the molecule is CCCc1nc2c(nnn2C2CCN(C(=O)c3c(F)cccc3F)CC2)c(=O)[nH]1. The standard InChI is InChI=1S/C19H20F2N6O2/c1-2-4-14-22-17-16(18(28)23-14)24-25-27(17)11-7-9-26(10-8-11)19(29)15-12(20)5-3-6-13(15)21/h3,5-6,11H,2,4,7-10H2,1H3,(H,22,23,28). The molecule has 0 radical (unpaired) electrons. The van der Waals surface area contributed by atoms with E-state index in [-0.39, 0.29) is 17.1 Å². The zero-order chi connectivity index (χ0) is 20.5. The molecular formula is C19H20F2N6O2. The van der Waals surface area contributed by atoms with Crippen molar-refractivity contribution in [3.8, 4) is 0 Å². The van der Waals surface area contributed by atoms with E-state index >= 15 is 0 Å². The van der Waals surface area contributed by atoms with Crippen LogP contribution >= 0.6 is 0 Å². The van der Waals surface area contributed by atoms with Gasteiger partial charge in [-0.2, -0.15) is 0 Å². The van der Waals surface area contributed by atoms with Crippen LogP contribution in [0.25, 0.3) is 11.2 Å². The van der Waals surface area contributed by atoms with E-state index in [1.54, 1.807) is 4.68 Å². The van der Waals surface area contributed by atoms with E-state index < -0.39 is 23.1 Å². The number of rotatable bonds is 4. The van der Waals surface area contributed by atoms with Gasteiger partial charge in [0.15, 0.2) is 11.2 Å². The van der Waals surface area contributed by atoms with Gasteiger partial charge in [-0.25, -0.2) is 18.4 Å². The summed E-state index contributed by atoms with van der Waals surface area (Å²) < 4.78 is 29.5. The summed E-state index contributed by atoms with van der Waals surface area (Å²) in [7, 11) is 0. The van der Waals surface area contributed by atoms with Crippen molar-refractivity contribution in [2.75, 3.05) is 13.1 Å². The number of piperidine rings is 1. The highest BCUT2D eigenvalue weighted by Crippen LogP contribution is 2.26. The second-order valence-corrected chi connectivity index (χ2v) is 7.09. The number of nitrogens with zero attached hydrogens (tertiary/aromatic N) is 5. The van der Waals surface area contributed by atoms with Crippen molar-refractivity contribution < 1.29 is 13.6 Å². The minimum atomic E-state index is -0.869. The van der Waals surface area contributed by atoms with Crippen molar-refractivity contribution in [1.29, 1.82) is 0 Å². The molecule has 1 aliphatic rings. The number of aromatic nitrogens is 5. The average molecular weight is 402 g/mol. The van der Waals surface area contributed by atoms with Gasteiger partial charge in [0, 0.05) is 19.5 Å². The Kier molecular flexibility index (Phi) is 5.08. The Morgan fingerprint density at radius 2 is 1.93 bits per heavy atom. The number of likely N-dealkylation sites (tertiary alicyclic amines) is 1. The molecule has 2 aromatic heterocycles. The molecule has 0 spiro atoms. The highest BCUT2D eigenvalue weighted by Gasteiger charge is 2.29. The molecule has 0 bridgehead atoms. The number of carbonyl (C=O) groups is 1. The summed E-state index contributed by atoms with van der Waals surface area (Å²) in [6.07, 6.45) is 2.50. The minimum Gasteiger partial charge on any atom is -0.338 e. The molecule has 1 saturated heterocycles. The largest absolute Gasteiger partial charge is 0.338 e. The van der Waals surface area contributed by atoms with Gasteiger partial charge in [-0.15, -0.1) is 5.10 Å². The fourth-order valence-corrected chi connectivity index (χ4v) is 3.66. The van der Waals surface area contributed by atoms with E-state index in [9.17, 15) is 18.4 Å². The number of amides is 1. The van der Waals surface area contributed by atoms with Crippen LogP contribution in [0.3, 0.4) is 0 Å². The van der Waals surface area contributed by atoms with E-state index in [1.807, 2.05) is 6.92 Å². The lowest BCUT2D eigenvalue weighted by atomic mass is 10.0. The van der Waals surface area contributed by atoms with Gasteiger partial charge in [0.2, 0.25) is 0 Å². The number of aromatic amines is 1. The smallest absolute Gasteiger partial charge is 0.281 e. The van der Waals surface area contributed by atoms with Gasteiger partial charge >= 0.3 is 0 Å². The van der Waals surface area contributed by atoms with Crippen molar-refractivity contribution in [2.24, 2.45) is 0 Å². The number of halogens is 2. The van der Waals surface area contributed by atoms with E-state index in [1.165, 1.54) is 11.0 Å². The minimum absolute atomic E-state index is 0.113. The Hall–Kier alpha value is -3.17. The number of aryl methyl sites for hydroxylation is 1. The lowest BCUT2D eigenvalue weighted by Crippen LogP contribution is -2.40. The molecule has 3 heterocycles. The first kappa shape index (κ1) is 19.2. The van der Waals surface area contributed by atoms with Crippen LogP contribution in [0.1, 0.15) is 48.4 Å². The van der Waals surface area contributed by atoms with Crippen LogP contribution in [0, 0.1) is 11.6 Å². The fraction of sp³-hybridized carbons (Fsp3) is 0.421. The van der Waals surface area contributed by atoms with E-state index in [0.717, 1.165) is 18.6 Å². The summed E-state index contributed by atoms with van der Waals surface area (Å²) in [6, 6.07) is 3.26. The highest BCUT2D eigenvalue weighted by molar-refractivity contribution is 5.94. The zero-order valence-corrected chi connectivity index (χ0v) is 15.9. The number of fused-ring (bicyclic) bond motifs is 1. The molecule has 0 saturated carbocycles. The maximum atomic E-state index is 13.9. The van der Waals surface area contributed by atoms with Crippen LogP contribution in [0.2, 0.25) is 0 Å². The quantitative estimate of drug-likeness (QED) is 0.722. The third-order valence-corrected chi connectivity index (χ3v) is 5.14. The zero-order valence-electron chi connectivity index (χ0n) is 15.9. The lowest BCUT2D eigenvalue weighted by Gasteiger charge is -2.32. The van der Waals surface area contributed by atoms with Crippen molar-refractivity contribution >= 4 is 17.1 Å². The second-order valence-electron chi connectivity index (χ2n) is 7.09. The van der Waals surface area contributed by atoms with E-state index in [0.29, 0.717) is 43.8 Å². The van der Waals surface area contributed by atoms with Crippen LogP contribution in [0.15, 0.2) is 23.0 Å². The fourth-order valence-electron chi connectivity index (χ4n) is 3.66. The van der Waals surface area contributed by atoms with Crippen molar-refractivity contribution in [1.82, 2.24) is 29.9 Å². The third kappa shape index (κ3) is 3.50. The number of hydrogen-bond acceptors (Lipinski definition) is 5. The second kappa shape index (κ2) is 7.69. The van der Waals surface area contributed by atoms with E-state index in [4.69, 9.17) is 0 Å². The van der Waals surface area contributed by atoms with Crippen molar-refractivity contribution in [3.63, 3.8) is 0 Å². The van der Waals surface area contributed by atoms with Crippen LogP contribution < -0.4 is 5.56 Å². The number of hydrogen-bond donors (Lipinski definition) is 1. The first-order chi connectivity index (χ1) is 14.0. The van der Waals surface area contributed by atoms with Crippen LogP contribution in [-0.2, 0) is 6.42 Å². The first-order valence-corrected chi connectivity index (χ1v) is 9.57. The molecule has 1 aromatic carbocycles. The molecule has 4 rings (SSSR count). The predicted molar refractivity (Wildman–Crippen MR) is 100 cm³/mol. The normalized spacial score (nSPS) is 15.2. The predicted octanol–water partition coefficient (Wildman–Crippen LogP) is 2.22. The molecule has 10 heteroatoms. The molecule has 0 aliphatic carbocycles. The number of carbonyl (C=O) groups excluding carboxylic acids is 1. The third-order valence-electron chi connectivity index (χ3n) is 5.14. The molecule has 3 aromatic rings. The summed E-state index contributed by atoms with van der Waals surface area (Å²) in [5.74, 6) is -1.82. The van der Waals surface area contributed by atoms with Crippen LogP contribution in [-0.4, -0.2) is 48.9 Å². The Morgan fingerprint density at radius 3 is 2.59 bits per heavy atom. The van der Waals surface area contributed by atoms with Crippen molar-refractivity contribution in [3.05, 3.63) is 51.6 Å². The van der Waals surface area contributed by atoms with Gasteiger partial charge in [0.1, 0.15) is 23.0 Å². The monoisotopic (exact) mass is 402 g/mol. The molecule has 1 N–H and O–H groups in total. The number of H-pyrrole nitrogens is 1. The average Bonchev–Trinajstić information content (AvgIpc) is 3.13. The van der Waals surface area contributed by atoms with Gasteiger partial charge in [-0.3, -0.25) is 9.59 Å². The molecule has 8 nitrogen and oxygen atoms in total. The molecule has 1 aliphatic heterocycles. The summed E-state index contributed by atoms with van der Waals surface area (Å²) >= 11 is 0. The summed E-state index contributed by atoms with van der Waals surface area (Å²) in [5.41, 5.74) is -0.263. The lowest BCUT2D eigenvalue weighted by molar-refractivity contribution is 0.0681. The maximum Gasteiger partial charge on any atom is 0.281 e. The number of nitrogens with one attached hydrogen (secondary N) is 1. The Balaban J connectivity index is 1.54. The maximum absolute atomic E-state index is 13.9. The molecule has 0 atom stereocenters. The van der Waals surface area contributed by atoms with Crippen LogP contribution in [0.5, 0.6) is 0 Å². The molecule has 1 fully saturated rings. The first-order valence-electron chi connectivity index (χ1n) is 9.57. The highest BCUT2D eigenvalue weighted by atomic mass is 19.1. The van der Waals surface area contributed by atoms with Gasteiger partial charge in [0.05, 0.1) is 6.04 Å². The Labute approximate surface area is 164 Å². The van der Waals surface area contributed by atoms with Crippen LogP contribution in [0.4, 0.5) is 8.78 Å². The summed E-state index contributed by atoms with van der Waals surface area (Å²) in [6.45, 7) is 2.61. The van der Waals surface area contributed by atoms with E-state index in [2.05, 4.69) is 20.3 Å². The summed E-state index contributed by atoms with van der Waals surface area (Å²) in [4.78, 5) is 33.4. The summed E-state index contributed by atoms with van der Waals surface area (Å²) in [5, 5.41) is 8.04. The number of benzene rings is 1. The van der Waals surface area contributed by atoms with Gasteiger partial charge in [-0.05, 0) is 31.4 Å². The van der Waals surface area contributed by atoms with Gasteiger partial charge in [-0.1, -0.05) is 18.2 Å². The molecule has 29 heavy (non-hydrogen) atoms. The van der Waals surface area contributed by atoms with Crippen molar-refractivity contribution in [2.45, 2.75) is 38.6 Å². The van der Waals surface area contributed by atoms with Gasteiger partial charge in [0.25, 0.3) is 11.5 Å².